The molecule has 2 aromatic rings. The Morgan fingerprint density at radius 3 is 2.36 bits per heavy atom. The van der Waals surface area contributed by atoms with Gasteiger partial charge < -0.3 is 10.4 Å². The molecule has 1 saturated carbocycles. The average Bonchev–Trinajstić information content (AvgIpc) is 3.66. The van der Waals surface area contributed by atoms with Crippen LogP contribution in [-0.4, -0.2) is 15.8 Å². The lowest BCUT2D eigenvalue weighted by Crippen LogP contribution is -2.67. The van der Waals surface area contributed by atoms with E-state index in [1.54, 1.807) is 12.1 Å². The second-order valence-electron chi connectivity index (χ2n) is 8.38. The van der Waals surface area contributed by atoms with Crippen molar-refractivity contribution in [2.75, 3.05) is 0 Å². The highest BCUT2D eigenvalue weighted by Gasteiger charge is 2.62. The zero-order chi connectivity index (χ0) is 23.8. The summed E-state index contributed by atoms with van der Waals surface area (Å²) in [5, 5.41) is 55.6. The van der Waals surface area contributed by atoms with Crippen LogP contribution in [0.2, 0.25) is 0 Å². The molecule has 1 aliphatic carbocycles. The summed E-state index contributed by atoms with van der Waals surface area (Å²) >= 11 is 0. The molecule has 2 heterocycles. The van der Waals surface area contributed by atoms with Gasteiger partial charge >= 0.3 is 0 Å². The molecule has 0 amide bonds. The normalized spacial score (nSPS) is 24.4. The highest BCUT2D eigenvalue weighted by molar-refractivity contribution is 5.48. The number of nitro groups is 1. The van der Waals surface area contributed by atoms with Crippen molar-refractivity contribution in [3.8, 4) is 18.2 Å². The second kappa shape index (κ2) is 8.35. The summed E-state index contributed by atoms with van der Waals surface area (Å²) < 4.78 is 1.89. The van der Waals surface area contributed by atoms with Crippen molar-refractivity contribution in [2.45, 2.75) is 37.5 Å². The van der Waals surface area contributed by atoms with Crippen LogP contribution in [0.15, 0.2) is 59.9 Å². The number of aromatic nitrogens is 1. The molecular formula is C24H21N6O3+. The maximum atomic E-state index is 12.0. The minimum atomic E-state index is -1.54. The first-order valence-corrected chi connectivity index (χ1v) is 10.5. The molecule has 0 radical (unpaired) electrons. The smallest absolute Gasteiger partial charge is 0.269 e. The van der Waals surface area contributed by atoms with Crippen molar-refractivity contribution in [3.05, 3.63) is 81.3 Å². The number of hydrogen-bond acceptors (Lipinski definition) is 7. The number of rotatable bonds is 5. The molecule has 33 heavy (non-hydrogen) atoms. The summed E-state index contributed by atoms with van der Waals surface area (Å²) in [5.74, 6) is -2.16. The van der Waals surface area contributed by atoms with E-state index in [1.165, 1.54) is 12.1 Å². The van der Waals surface area contributed by atoms with E-state index in [0.717, 1.165) is 18.5 Å². The van der Waals surface area contributed by atoms with Crippen LogP contribution in [0.5, 0.6) is 0 Å². The number of nitriles is 3. The topological polar surface area (TPSA) is 151 Å². The molecule has 0 saturated heterocycles. The minimum absolute atomic E-state index is 0.0886. The largest absolute Gasteiger partial charge is 0.365 e. The van der Waals surface area contributed by atoms with Gasteiger partial charge in [0.05, 0.1) is 40.3 Å². The molecule has 2 N–H and O–H groups in total. The van der Waals surface area contributed by atoms with Crippen LogP contribution in [0.1, 0.15) is 36.1 Å². The molecule has 0 bridgehead atoms. The quantitative estimate of drug-likeness (QED) is 0.411. The Kier molecular flexibility index (Phi) is 5.55. The predicted molar refractivity (Wildman–Crippen MR) is 114 cm³/mol. The van der Waals surface area contributed by atoms with Crippen molar-refractivity contribution in [3.63, 3.8) is 0 Å². The number of non-ortho nitro benzene ring substituents is 1. The van der Waals surface area contributed by atoms with Crippen LogP contribution < -0.4 is 9.88 Å². The molecule has 4 rings (SSSR count). The minimum Gasteiger partial charge on any atom is -0.365 e. The van der Waals surface area contributed by atoms with Gasteiger partial charge in [0, 0.05) is 37.1 Å². The number of hydrogen-bond donors (Lipinski definition) is 2. The maximum absolute atomic E-state index is 12.0. The third-order valence-corrected chi connectivity index (χ3v) is 6.43. The highest BCUT2D eigenvalue weighted by atomic mass is 16.6. The van der Waals surface area contributed by atoms with Crippen LogP contribution in [0.25, 0.3) is 0 Å². The Bertz CT molecular complexity index is 1250. The van der Waals surface area contributed by atoms with Gasteiger partial charge in [0.15, 0.2) is 17.8 Å². The lowest BCUT2D eigenvalue weighted by Gasteiger charge is -2.43. The van der Waals surface area contributed by atoms with E-state index in [1.807, 2.05) is 48.0 Å². The van der Waals surface area contributed by atoms with Gasteiger partial charge in [-0.25, -0.2) is 0 Å². The Morgan fingerprint density at radius 2 is 1.85 bits per heavy atom. The fourth-order valence-corrected chi connectivity index (χ4v) is 4.70. The van der Waals surface area contributed by atoms with Gasteiger partial charge in [0.1, 0.15) is 0 Å². The number of nitrogens with zero attached hydrogens (tertiary/aromatic N) is 5. The van der Waals surface area contributed by atoms with Gasteiger partial charge in [-0.05, 0) is 18.4 Å². The van der Waals surface area contributed by atoms with E-state index < -0.39 is 28.5 Å². The van der Waals surface area contributed by atoms with E-state index in [0.29, 0.717) is 5.56 Å². The van der Waals surface area contributed by atoms with Crippen LogP contribution in [0.4, 0.5) is 5.69 Å². The predicted octanol–water partition coefficient (Wildman–Crippen LogP) is 2.66. The van der Waals surface area contributed by atoms with E-state index >= 15 is 0 Å². The maximum Gasteiger partial charge on any atom is 0.269 e. The molecule has 1 aromatic heterocycles. The molecule has 1 fully saturated rings. The number of nitrogens with one attached hydrogen (secondary N) is 1. The number of aliphatic hydroxyl groups is 1. The molecule has 2 aliphatic rings. The molecule has 0 spiro atoms. The van der Waals surface area contributed by atoms with Crippen molar-refractivity contribution in [1.82, 2.24) is 5.32 Å². The van der Waals surface area contributed by atoms with Gasteiger partial charge in [-0.1, -0.05) is 18.2 Å². The lowest BCUT2D eigenvalue weighted by molar-refractivity contribution is -0.747. The van der Waals surface area contributed by atoms with Gasteiger partial charge in [0.25, 0.3) is 5.69 Å². The summed E-state index contributed by atoms with van der Waals surface area (Å²) in [7, 11) is 0. The molecule has 164 valence electrons. The number of benzene rings is 1. The summed E-state index contributed by atoms with van der Waals surface area (Å²) in [6.45, 7) is 1.89. The Morgan fingerprint density at radius 1 is 1.18 bits per heavy atom. The molecule has 0 unspecified atom stereocenters. The molecule has 1 aromatic carbocycles. The third kappa shape index (κ3) is 3.67. The monoisotopic (exact) mass is 441 g/mol. The second-order valence-corrected chi connectivity index (χ2v) is 8.38. The summed E-state index contributed by atoms with van der Waals surface area (Å²) in [6.07, 6.45) is 3.32. The zero-order valence-electron chi connectivity index (χ0n) is 17.8. The van der Waals surface area contributed by atoms with Crippen LogP contribution in [-0.2, 0) is 0 Å². The van der Waals surface area contributed by atoms with Crippen LogP contribution in [0.3, 0.4) is 0 Å². The molecule has 9 nitrogen and oxygen atoms in total. The Hall–Kier alpha value is -4.26. The van der Waals surface area contributed by atoms with Crippen molar-refractivity contribution >= 4 is 5.69 Å². The molecular weight excluding hydrogens is 420 g/mol. The summed E-state index contributed by atoms with van der Waals surface area (Å²) in [5.41, 5.74) is 0.0255. The Balaban J connectivity index is 2.02. The molecule has 9 heteroatoms. The number of nitro benzene ring substituents is 1. The highest BCUT2D eigenvalue weighted by Crippen LogP contribution is 2.52. The van der Waals surface area contributed by atoms with Crippen molar-refractivity contribution in [2.24, 2.45) is 11.8 Å². The average molecular weight is 441 g/mol. The number of pyridine rings is 1. The van der Waals surface area contributed by atoms with E-state index in [4.69, 9.17) is 0 Å². The molecule has 1 aliphatic heterocycles. The lowest BCUT2D eigenvalue weighted by atomic mass is 9.73. The van der Waals surface area contributed by atoms with E-state index in [-0.39, 0.29) is 22.9 Å². The number of allylic oxidation sites excluding steroid dienone is 2. The first-order valence-electron chi connectivity index (χ1n) is 10.5. The number of aryl methyl sites for hydroxylation is 1. The first kappa shape index (κ1) is 22.0. The van der Waals surface area contributed by atoms with Crippen molar-refractivity contribution < 1.29 is 14.6 Å². The summed E-state index contributed by atoms with van der Waals surface area (Å²) in [4.78, 5) is 10.7. The van der Waals surface area contributed by atoms with Gasteiger partial charge in [-0.15, -0.1) is 0 Å². The summed E-state index contributed by atoms with van der Waals surface area (Å²) in [6, 6.07) is 16.7. The van der Waals surface area contributed by atoms with Crippen LogP contribution >= 0.6 is 0 Å². The fraction of sp³-hybridized carbons (Fsp3) is 0.333. The van der Waals surface area contributed by atoms with Gasteiger partial charge in [-0.3, -0.25) is 10.1 Å². The van der Waals surface area contributed by atoms with Crippen LogP contribution in [0, 0.1) is 62.9 Å². The molecule has 3 atom stereocenters. The van der Waals surface area contributed by atoms with Gasteiger partial charge in [0.2, 0.25) is 11.8 Å². The first-order chi connectivity index (χ1) is 15.8. The SMILES string of the molecule is Cc1cccc[n+]1[C@H]1[C@@H](c2ccc([N+](=O)[O-])cc2)C(C#N)=C(C(C#N)C#N)N[C@]1(O)C1CC1. The standard InChI is InChI=1S/C24H21N6O3/c1-15-4-2-3-11-29(15)23-21(16-5-9-19(10-6-16)30(32)33)20(14-27)22(17(12-25)13-26)28-24(23,31)18-7-8-18/h2-6,9-11,17-18,21,23,28,31H,7-8H2,1H3/q+1/t21-,23-,24-/m0/s1. The third-order valence-electron chi connectivity index (χ3n) is 6.43. The zero-order valence-corrected chi connectivity index (χ0v) is 17.8. The van der Waals surface area contributed by atoms with E-state index in [2.05, 4.69) is 11.4 Å². The van der Waals surface area contributed by atoms with Gasteiger partial charge in [-0.2, -0.15) is 20.4 Å². The van der Waals surface area contributed by atoms with Crippen molar-refractivity contribution in [1.29, 1.82) is 15.8 Å². The van der Waals surface area contributed by atoms with E-state index in [9.17, 15) is 31.0 Å². The Labute approximate surface area is 190 Å². The fourth-order valence-electron chi connectivity index (χ4n) is 4.70.